The fourth-order valence-electron chi connectivity index (χ4n) is 0.894. The highest BCUT2D eigenvalue weighted by atomic mass is 32.2. The van der Waals surface area contributed by atoms with Gasteiger partial charge in [0.15, 0.2) is 0 Å². The Morgan fingerprint density at radius 1 is 1.55 bits per heavy atom. The summed E-state index contributed by atoms with van der Waals surface area (Å²) < 4.78 is 36.2. The molecule has 0 aliphatic carbocycles. The molecule has 0 aromatic heterocycles. The second kappa shape index (κ2) is 2.97. The topological polar surface area (TPSA) is 3.24 Å². The Hall–Kier alpha value is -0.320. The van der Waals surface area contributed by atoms with Crippen molar-refractivity contribution in [2.75, 3.05) is 0 Å². The summed E-state index contributed by atoms with van der Waals surface area (Å²) in [6, 6.07) is 0. The van der Waals surface area contributed by atoms with E-state index in [9.17, 15) is 13.2 Å². The molecule has 0 radical (unpaired) electrons. The first kappa shape index (κ1) is 8.77. The maximum absolute atomic E-state index is 12.1. The first-order chi connectivity index (χ1) is 5.05. The largest absolute Gasteiger partial charge is 0.485 e. The lowest BCUT2D eigenvalue weighted by Crippen LogP contribution is -2.37. The molecular formula is C6H8F3NS. The van der Waals surface area contributed by atoms with Crippen LogP contribution in [-0.2, 0) is 0 Å². The lowest BCUT2D eigenvalue weighted by Gasteiger charge is -2.25. The monoisotopic (exact) mass is 183 g/mol. The van der Waals surface area contributed by atoms with E-state index >= 15 is 0 Å². The second-order valence-electron chi connectivity index (χ2n) is 2.16. The number of thioether (sulfide) groups is 1. The van der Waals surface area contributed by atoms with Crippen molar-refractivity contribution in [3.8, 4) is 0 Å². The predicted molar refractivity (Wildman–Crippen MR) is 38.7 cm³/mol. The van der Waals surface area contributed by atoms with Crippen molar-refractivity contribution in [3.63, 3.8) is 0 Å². The van der Waals surface area contributed by atoms with Gasteiger partial charge in [-0.3, -0.25) is 4.90 Å². The third-order valence-electron chi connectivity index (χ3n) is 1.41. The van der Waals surface area contributed by atoms with Crippen LogP contribution >= 0.6 is 11.8 Å². The Morgan fingerprint density at radius 3 is 2.55 bits per heavy atom. The lowest BCUT2D eigenvalue weighted by atomic mass is 10.4. The molecule has 1 heterocycles. The Kier molecular flexibility index (Phi) is 2.37. The molecular weight excluding hydrogens is 175 g/mol. The highest BCUT2D eigenvalue weighted by Gasteiger charge is 2.40. The quantitative estimate of drug-likeness (QED) is 0.575. The van der Waals surface area contributed by atoms with Crippen LogP contribution in [0.15, 0.2) is 11.6 Å². The maximum atomic E-state index is 12.1. The van der Waals surface area contributed by atoms with Crippen LogP contribution < -0.4 is 0 Å². The van der Waals surface area contributed by atoms with Gasteiger partial charge in [-0.25, -0.2) is 0 Å². The van der Waals surface area contributed by atoms with Crippen LogP contribution in [0.4, 0.5) is 13.2 Å². The molecule has 1 nitrogen and oxygen atoms in total. The smallest absolute Gasteiger partial charge is 0.278 e. The van der Waals surface area contributed by atoms with E-state index in [4.69, 9.17) is 0 Å². The fraction of sp³-hybridized carbons (Fsp3) is 0.667. The molecule has 0 amide bonds. The number of nitrogens with zero attached hydrogens (tertiary/aromatic N) is 1. The summed E-state index contributed by atoms with van der Waals surface area (Å²) in [6.07, 6.45) is -2.64. The molecule has 0 aromatic carbocycles. The molecule has 1 rings (SSSR count). The fourth-order valence-corrected chi connectivity index (χ4v) is 1.79. The molecule has 0 N–H and O–H groups in total. The van der Waals surface area contributed by atoms with Gasteiger partial charge in [-0.05, 0) is 11.8 Å². The summed E-state index contributed by atoms with van der Waals surface area (Å²) >= 11 is 1.20. The molecule has 0 fully saturated rings. The molecule has 0 saturated carbocycles. The molecule has 1 aliphatic heterocycles. The van der Waals surface area contributed by atoms with E-state index in [1.54, 1.807) is 6.92 Å². The molecule has 0 spiro atoms. The lowest BCUT2D eigenvalue weighted by molar-refractivity contribution is -0.230. The van der Waals surface area contributed by atoms with Crippen LogP contribution in [0.1, 0.15) is 13.3 Å². The molecule has 0 saturated heterocycles. The predicted octanol–water partition coefficient (Wildman–Crippen LogP) is 2.76. The van der Waals surface area contributed by atoms with Crippen molar-refractivity contribution in [1.29, 1.82) is 0 Å². The zero-order valence-corrected chi connectivity index (χ0v) is 6.75. The minimum Gasteiger partial charge on any atom is -0.278 e. The molecule has 5 heteroatoms. The van der Waals surface area contributed by atoms with E-state index in [1.807, 2.05) is 0 Å². The molecule has 0 aromatic rings. The molecule has 0 bridgehead atoms. The van der Waals surface area contributed by atoms with Crippen molar-refractivity contribution in [2.45, 2.75) is 25.0 Å². The highest BCUT2D eigenvalue weighted by Crippen LogP contribution is 2.35. The van der Waals surface area contributed by atoms with Crippen molar-refractivity contribution >= 4 is 11.8 Å². The molecule has 1 aliphatic rings. The third-order valence-corrected chi connectivity index (χ3v) is 2.56. The molecule has 11 heavy (non-hydrogen) atoms. The Morgan fingerprint density at radius 2 is 2.18 bits per heavy atom. The number of hydrogen-bond donors (Lipinski definition) is 0. The zero-order valence-electron chi connectivity index (χ0n) is 5.93. The van der Waals surface area contributed by atoms with E-state index in [1.165, 1.54) is 17.2 Å². The van der Waals surface area contributed by atoms with Gasteiger partial charge in [0.05, 0.1) is 5.37 Å². The maximum Gasteiger partial charge on any atom is 0.485 e. The van der Waals surface area contributed by atoms with Gasteiger partial charge in [-0.2, -0.15) is 13.2 Å². The summed E-state index contributed by atoms with van der Waals surface area (Å²) in [4.78, 5) is 0.428. The van der Waals surface area contributed by atoms with Crippen LogP contribution in [0.5, 0.6) is 0 Å². The minimum absolute atomic E-state index is 0.428. The van der Waals surface area contributed by atoms with Gasteiger partial charge in [0.2, 0.25) is 0 Å². The van der Waals surface area contributed by atoms with Gasteiger partial charge in [0, 0.05) is 6.20 Å². The molecule has 1 unspecified atom stereocenters. The van der Waals surface area contributed by atoms with Crippen molar-refractivity contribution in [1.82, 2.24) is 4.90 Å². The second-order valence-corrected chi connectivity index (χ2v) is 3.25. The van der Waals surface area contributed by atoms with Crippen LogP contribution in [0.3, 0.4) is 0 Å². The summed E-state index contributed by atoms with van der Waals surface area (Å²) in [5, 5.41) is 1.01. The van der Waals surface area contributed by atoms with Crippen molar-refractivity contribution < 1.29 is 13.2 Å². The number of halogens is 3. The van der Waals surface area contributed by atoms with Crippen molar-refractivity contribution in [2.24, 2.45) is 0 Å². The Balaban J connectivity index is 2.63. The first-order valence-electron chi connectivity index (χ1n) is 3.23. The van der Waals surface area contributed by atoms with E-state index in [2.05, 4.69) is 0 Å². The Bertz CT molecular complexity index is 166. The van der Waals surface area contributed by atoms with Crippen LogP contribution in [0.25, 0.3) is 0 Å². The molecule has 1 atom stereocenters. The zero-order chi connectivity index (χ0) is 8.48. The van der Waals surface area contributed by atoms with E-state index < -0.39 is 11.7 Å². The number of hydrogen-bond acceptors (Lipinski definition) is 2. The van der Waals surface area contributed by atoms with Crippen LogP contribution in [-0.4, -0.2) is 16.6 Å². The van der Waals surface area contributed by atoms with Crippen LogP contribution in [0, 0.1) is 0 Å². The van der Waals surface area contributed by atoms with E-state index in [0.717, 1.165) is 6.20 Å². The normalized spacial score (nSPS) is 24.7. The van der Waals surface area contributed by atoms with Gasteiger partial charge in [0.25, 0.3) is 0 Å². The van der Waals surface area contributed by atoms with E-state index in [-0.39, 0.29) is 0 Å². The Labute approximate surface area is 67.2 Å². The SMILES string of the molecule is CCC1SC=CN1C(F)(F)F. The highest BCUT2D eigenvalue weighted by molar-refractivity contribution is 8.02. The standard InChI is InChI=1S/C6H8F3NS/c1-2-5-10(3-4-11-5)6(7,8)9/h3-5H,2H2,1H3. The number of rotatable bonds is 1. The molecule has 64 valence electrons. The van der Waals surface area contributed by atoms with Gasteiger partial charge in [-0.15, -0.1) is 11.8 Å². The first-order valence-corrected chi connectivity index (χ1v) is 4.17. The van der Waals surface area contributed by atoms with Gasteiger partial charge < -0.3 is 0 Å². The summed E-state index contributed by atoms with van der Waals surface area (Å²) in [7, 11) is 0. The van der Waals surface area contributed by atoms with Crippen molar-refractivity contribution in [3.05, 3.63) is 11.6 Å². The summed E-state index contributed by atoms with van der Waals surface area (Å²) in [6.45, 7) is 1.74. The average Bonchev–Trinajstić information content (AvgIpc) is 2.31. The van der Waals surface area contributed by atoms with Gasteiger partial charge in [0.1, 0.15) is 0 Å². The average molecular weight is 183 g/mol. The van der Waals surface area contributed by atoms with Gasteiger partial charge in [-0.1, -0.05) is 6.92 Å². The number of alkyl halides is 3. The van der Waals surface area contributed by atoms with E-state index in [0.29, 0.717) is 11.3 Å². The summed E-state index contributed by atoms with van der Waals surface area (Å²) in [5.41, 5.74) is 0. The van der Waals surface area contributed by atoms with Gasteiger partial charge >= 0.3 is 6.30 Å². The van der Waals surface area contributed by atoms with Crippen LogP contribution in [0.2, 0.25) is 0 Å². The minimum atomic E-state index is -4.22. The summed E-state index contributed by atoms with van der Waals surface area (Å²) in [5.74, 6) is 0. The third kappa shape index (κ3) is 1.83.